The van der Waals surface area contributed by atoms with Crippen LogP contribution in [0.5, 0.6) is 5.75 Å². The molecule has 2 N–H and O–H groups in total. The van der Waals surface area contributed by atoms with Crippen molar-refractivity contribution in [3.63, 3.8) is 0 Å². The maximum Gasteiger partial charge on any atom is 0.224 e. The smallest absolute Gasteiger partial charge is 0.224 e. The summed E-state index contributed by atoms with van der Waals surface area (Å²) < 4.78 is 7.89. The fourth-order valence-electron chi connectivity index (χ4n) is 5.30. The first-order chi connectivity index (χ1) is 19.6. The number of methoxy groups -OCH3 is 1. The molecular weight excluding hydrogens is 518 g/mol. The molecule has 5 aromatic rings. The van der Waals surface area contributed by atoms with Gasteiger partial charge in [-0.1, -0.05) is 43.3 Å². The predicted octanol–water partition coefficient (Wildman–Crippen LogP) is 6.56. The van der Waals surface area contributed by atoms with Gasteiger partial charge in [0.25, 0.3) is 0 Å². The standard InChI is InChI=1S/C32H29N5O2S/c1-3-29(38)34-25-16-15-24(20-28(25)39-2)37-31(30(35-32(37)40)26-11-6-7-17-33-26)27-12-8-18-36(27)23-14-13-21-9-4-5-10-22(21)19-23/h4-20,30-31H,3H2,1-2H3,(H,34,38)(H,35,40)/t30-,31-/m0/s1. The molecule has 0 radical (unpaired) electrons. The van der Waals surface area contributed by atoms with E-state index < -0.39 is 0 Å². The van der Waals surface area contributed by atoms with E-state index in [0.29, 0.717) is 23.0 Å². The van der Waals surface area contributed by atoms with E-state index in [-0.39, 0.29) is 18.0 Å². The number of anilines is 2. The number of thiocarbonyl (C=S) groups is 1. The largest absolute Gasteiger partial charge is 0.494 e. The molecule has 0 bridgehead atoms. The molecular formula is C32H29N5O2S. The minimum Gasteiger partial charge on any atom is -0.494 e. The van der Waals surface area contributed by atoms with Crippen molar-refractivity contribution in [2.24, 2.45) is 0 Å². The number of aromatic nitrogens is 2. The van der Waals surface area contributed by atoms with Crippen molar-refractivity contribution in [3.8, 4) is 11.4 Å². The van der Waals surface area contributed by atoms with Crippen LogP contribution in [-0.2, 0) is 4.79 Å². The summed E-state index contributed by atoms with van der Waals surface area (Å²) in [6.07, 6.45) is 4.26. The Morgan fingerprint density at radius 3 is 2.55 bits per heavy atom. The van der Waals surface area contributed by atoms with E-state index in [2.05, 4.69) is 85.9 Å². The van der Waals surface area contributed by atoms with Gasteiger partial charge in [-0.2, -0.15) is 0 Å². The number of nitrogens with zero attached hydrogens (tertiary/aromatic N) is 3. The Morgan fingerprint density at radius 1 is 0.975 bits per heavy atom. The Kier molecular flexibility index (Phi) is 6.92. The molecule has 2 aromatic heterocycles. The third-order valence-corrected chi connectivity index (χ3v) is 7.57. The van der Waals surface area contributed by atoms with Crippen LogP contribution in [0.2, 0.25) is 0 Å². The molecule has 1 aliphatic heterocycles. The molecule has 7 nitrogen and oxygen atoms in total. The lowest BCUT2D eigenvalue weighted by molar-refractivity contribution is -0.115. The first kappa shape index (κ1) is 25.6. The van der Waals surface area contributed by atoms with Gasteiger partial charge in [0.1, 0.15) is 11.8 Å². The van der Waals surface area contributed by atoms with E-state index in [0.717, 1.165) is 22.8 Å². The summed E-state index contributed by atoms with van der Waals surface area (Å²) in [5, 5.41) is 9.39. The van der Waals surface area contributed by atoms with Gasteiger partial charge in [0.15, 0.2) is 5.11 Å². The maximum absolute atomic E-state index is 12.1. The van der Waals surface area contributed by atoms with E-state index in [1.807, 2.05) is 43.3 Å². The Bertz CT molecular complexity index is 1700. The number of carbonyl (C=O) groups is 1. The van der Waals surface area contributed by atoms with Crippen molar-refractivity contribution in [2.45, 2.75) is 25.4 Å². The fourth-order valence-corrected chi connectivity index (χ4v) is 5.65. The van der Waals surface area contributed by atoms with Gasteiger partial charge in [-0.3, -0.25) is 9.78 Å². The normalized spacial score (nSPS) is 16.6. The zero-order valence-electron chi connectivity index (χ0n) is 22.2. The van der Waals surface area contributed by atoms with Gasteiger partial charge in [-0.15, -0.1) is 0 Å². The van der Waals surface area contributed by atoms with Crippen LogP contribution in [0.3, 0.4) is 0 Å². The van der Waals surface area contributed by atoms with Crippen molar-refractivity contribution >= 4 is 45.4 Å². The Hall–Kier alpha value is -4.69. The fraction of sp³-hybridized carbons (Fsp3) is 0.156. The molecule has 8 heteroatoms. The number of amides is 1. The van der Waals surface area contributed by atoms with Crippen LogP contribution in [-0.4, -0.2) is 27.7 Å². The second-order valence-corrected chi connectivity index (χ2v) is 10.0. The third-order valence-electron chi connectivity index (χ3n) is 7.25. The average molecular weight is 548 g/mol. The summed E-state index contributed by atoms with van der Waals surface area (Å²) in [6, 6.07) is 30.3. The van der Waals surface area contributed by atoms with Crippen molar-refractivity contribution < 1.29 is 9.53 Å². The quantitative estimate of drug-likeness (QED) is 0.225. The van der Waals surface area contributed by atoms with Crippen molar-refractivity contribution in [1.29, 1.82) is 0 Å². The Morgan fingerprint density at radius 2 is 1.77 bits per heavy atom. The molecule has 1 fully saturated rings. The number of fused-ring (bicyclic) bond motifs is 1. The molecule has 3 aromatic carbocycles. The average Bonchev–Trinajstić information content (AvgIpc) is 3.62. The van der Waals surface area contributed by atoms with Gasteiger partial charge in [-0.05, 0) is 71.5 Å². The molecule has 6 rings (SSSR count). The summed E-state index contributed by atoms with van der Waals surface area (Å²) in [5.41, 5.74) is 4.47. The van der Waals surface area contributed by atoms with Crippen molar-refractivity contribution in [1.82, 2.24) is 14.9 Å². The summed E-state index contributed by atoms with van der Waals surface area (Å²) in [4.78, 5) is 18.9. The summed E-state index contributed by atoms with van der Waals surface area (Å²) in [5.74, 6) is 0.484. The second kappa shape index (κ2) is 10.8. The molecule has 2 atom stereocenters. The van der Waals surface area contributed by atoms with E-state index >= 15 is 0 Å². The number of ether oxygens (including phenoxy) is 1. The van der Waals surface area contributed by atoms with Gasteiger partial charge in [0.05, 0.1) is 24.5 Å². The minimum absolute atomic E-state index is 0.0780. The lowest BCUT2D eigenvalue weighted by Gasteiger charge is -2.29. The lowest BCUT2D eigenvalue weighted by Crippen LogP contribution is -2.30. The van der Waals surface area contributed by atoms with Gasteiger partial charge in [0, 0.05) is 41.9 Å². The second-order valence-electron chi connectivity index (χ2n) is 9.62. The van der Waals surface area contributed by atoms with Gasteiger partial charge in [0.2, 0.25) is 5.91 Å². The highest BCUT2D eigenvalue weighted by Crippen LogP contribution is 2.44. The van der Waals surface area contributed by atoms with Gasteiger partial charge >= 0.3 is 0 Å². The number of carbonyl (C=O) groups excluding carboxylic acids is 1. The van der Waals surface area contributed by atoms with Crippen molar-refractivity contribution in [2.75, 3.05) is 17.3 Å². The highest BCUT2D eigenvalue weighted by atomic mass is 32.1. The molecule has 200 valence electrons. The molecule has 1 aliphatic rings. The molecule has 0 saturated carbocycles. The van der Waals surface area contributed by atoms with Crippen LogP contribution < -0.4 is 20.3 Å². The predicted molar refractivity (Wildman–Crippen MR) is 163 cm³/mol. The van der Waals surface area contributed by atoms with Crippen molar-refractivity contribution in [3.05, 3.63) is 115 Å². The van der Waals surface area contributed by atoms with Crippen LogP contribution in [0.4, 0.5) is 11.4 Å². The molecule has 40 heavy (non-hydrogen) atoms. The van der Waals surface area contributed by atoms with Crippen LogP contribution in [0.25, 0.3) is 16.5 Å². The van der Waals surface area contributed by atoms with E-state index in [9.17, 15) is 4.79 Å². The van der Waals surface area contributed by atoms with E-state index in [1.165, 1.54) is 10.8 Å². The molecule has 0 spiro atoms. The van der Waals surface area contributed by atoms with Crippen LogP contribution in [0, 0.1) is 0 Å². The first-order valence-electron chi connectivity index (χ1n) is 13.2. The summed E-state index contributed by atoms with van der Waals surface area (Å²) in [7, 11) is 1.60. The highest BCUT2D eigenvalue weighted by Gasteiger charge is 2.42. The number of hydrogen-bond acceptors (Lipinski definition) is 4. The summed E-state index contributed by atoms with van der Waals surface area (Å²) in [6.45, 7) is 1.82. The molecule has 0 unspecified atom stereocenters. The molecule has 1 amide bonds. The topological polar surface area (TPSA) is 71.4 Å². The van der Waals surface area contributed by atoms with Crippen LogP contribution >= 0.6 is 12.2 Å². The van der Waals surface area contributed by atoms with E-state index in [1.54, 1.807) is 13.3 Å². The molecule has 1 saturated heterocycles. The number of benzene rings is 3. The number of pyridine rings is 1. The minimum atomic E-state index is -0.218. The lowest BCUT2D eigenvalue weighted by atomic mass is 10.0. The number of nitrogens with one attached hydrogen (secondary N) is 2. The SMILES string of the molecule is CCC(=O)Nc1ccc(N2C(=S)N[C@@H](c3ccccn3)[C@@H]2c2cccn2-c2ccc3ccccc3c2)cc1OC. The first-order valence-corrected chi connectivity index (χ1v) is 13.6. The molecule has 0 aliphatic carbocycles. The Labute approximate surface area is 238 Å². The zero-order valence-corrected chi connectivity index (χ0v) is 23.1. The van der Waals surface area contributed by atoms with Gasteiger partial charge < -0.3 is 24.8 Å². The van der Waals surface area contributed by atoms with Crippen LogP contribution in [0.15, 0.2) is 103 Å². The number of hydrogen-bond donors (Lipinski definition) is 2. The van der Waals surface area contributed by atoms with Crippen LogP contribution in [0.1, 0.15) is 36.8 Å². The maximum atomic E-state index is 12.1. The highest BCUT2D eigenvalue weighted by molar-refractivity contribution is 7.80. The zero-order chi connectivity index (χ0) is 27.6. The summed E-state index contributed by atoms with van der Waals surface area (Å²) >= 11 is 5.94. The monoisotopic (exact) mass is 547 g/mol. The Balaban J connectivity index is 1.47. The van der Waals surface area contributed by atoms with Gasteiger partial charge in [-0.25, -0.2) is 0 Å². The van der Waals surface area contributed by atoms with E-state index in [4.69, 9.17) is 17.0 Å². The molecule has 3 heterocycles. The third kappa shape index (κ3) is 4.67. The number of rotatable bonds is 7.